The van der Waals surface area contributed by atoms with Crippen molar-refractivity contribution in [3.05, 3.63) is 17.9 Å². The fourth-order valence-electron chi connectivity index (χ4n) is 2.44. The lowest BCUT2D eigenvalue weighted by atomic mass is 10.1. The van der Waals surface area contributed by atoms with E-state index in [9.17, 15) is 27.2 Å². The van der Waals surface area contributed by atoms with E-state index in [0.29, 0.717) is 12.8 Å². The van der Waals surface area contributed by atoms with Gasteiger partial charge in [-0.25, -0.2) is 4.39 Å². The Hall–Kier alpha value is -3.09. The van der Waals surface area contributed by atoms with Crippen molar-refractivity contribution in [2.45, 2.75) is 24.6 Å². The molecule has 6 nitrogen and oxygen atoms in total. The van der Waals surface area contributed by atoms with Gasteiger partial charge in [0.15, 0.2) is 11.4 Å². The quantitative estimate of drug-likeness (QED) is 0.383. The number of amides is 1. The van der Waals surface area contributed by atoms with Gasteiger partial charge in [0.05, 0.1) is 24.1 Å². The summed E-state index contributed by atoms with van der Waals surface area (Å²) in [4.78, 5) is 24.4. The molecule has 0 unspecified atom stereocenters. The average molecular weight is 369 g/mol. The molecule has 0 radical (unpaired) electrons. The summed E-state index contributed by atoms with van der Waals surface area (Å²) in [5.74, 6) is -1.04. The van der Waals surface area contributed by atoms with Crippen molar-refractivity contribution in [3.8, 4) is 18.1 Å². The number of alkyl halides is 3. The van der Waals surface area contributed by atoms with Gasteiger partial charge in [0, 0.05) is 18.9 Å². The number of hydrazone groups is 1. The second-order valence-corrected chi connectivity index (χ2v) is 5.72. The number of nitrogens with zero attached hydrogens (tertiary/aromatic N) is 2. The first-order valence-corrected chi connectivity index (χ1v) is 7.36. The average Bonchev–Trinajstić information content (AvgIpc) is 3.32. The van der Waals surface area contributed by atoms with Crippen LogP contribution in [0.1, 0.15) is 12.8 Å². The Morgan fingerprint density at radius 2 is 2.15 bits per heavy atom. The lowest BCUT2D eigenvalue weighted by Crippen LogP contribution is -2.47. The summed E-state index contributed by atoms with van der Waals surface area (Å²) in [5, 5.41) is 3.08. The maximum Gasteiger partial charge on any atom is 0.455 e. The Bertz CT molecular complexity index is 854. The normalized spacial score (nSPS) is 17.7. The molecule has 1 spiro atoms. The number of ether oxygens (including phenoxy) is 1. The highest BCUT2D eigenvalue weighted by molar-refractivity contribution is 6.30. The third-order valence-corrected chi connectivity index (χ3v) is 3.88. The first-order valence-electron chi connectivity index (χ1n) is 7.36. The predicted octanol–water partition coefficient (Wildman–Crippen LogP) is 2.25. The fourth-order valence-corrected chi connectivity index (χ4v) is 2.44. The van der Waals surface area contributed by atoms with E-state index in [4.69, 9.17) is 11.2 Å². The lowest BCUT2D eigenvalue weighted by molar-refractivity contribution is -0.162. The molecule has 1 amide bonds. The number of anilines is 2. The predicted molar refractivity (Wildman–Crippen MR) is 83.4 cm³/mol. The SMILES string of the molecule is C#CCN1C(=O)C2(CC2)Oc2cc(F)c(N/N=C/C(=O)C(F)(F)F)cc21. The Morgan fingerprint density at radius 1 is 1.46 bits per heavy atom. The van der Waals surface area contributed by atoms with Crippen molar-refractivity contribution < 1.29 is 31.9 Å². The molecule has 0 aromatic heterocycles. The standard InChI is InChI=1S/C16H11F4N3O3/c1-2-5-23-11-7-10(22-21-8-13(24)16(18,19)20)9(17)6-12(11)26-15(3-4-15)14(23)25/h1,6-8,22H,3-5H2/b21-8+. The first kappa shape index (κ1) is 17.7. The Morgan fingerprint density at radius 3 is 2.73 bits per heavy atom. The molecule has 1 aliphatic heterocycles. The van der Waals surface area contributed by atoms with Crippen LogP contribution in [0.15, 0.2) is 17.2 Å². The van der Waals surface area contributed by atoms with Crippen LogP contribution < -0.4 is 15.1 Å². The zero-order valence-electron chi connectivity index (χ0n) is 13.1. The third kappa shape index (κ3) is 3.08. The Balaban J connectivity index is 1.89. The monoisotopic (exact) mass is 369 g/mol. The molecule has 10 heteroatoms. The maximum absolute atomic E-state index is 14.2. The second-order valence-electron chi connectivity index (χ2n) is 5.72. The number of nitrogens with one attached hydrogen (secondary N) is 1. The summed E-state index contributed by atoms with van der Waals surface area (Å²) in [5.41, 5.74) is 0.795. The molecule has 136 valence electrons. The molecular formula is C16H11F4N3O3. The molecule has 0 saturated heterocycles. The number of fused-ring (bicyclic) bond motifs is 1. The van der Waals surface area contributed by atoms with Gasteiger partial charge >= 0.3 is 6.18 Å². The number of benzene rings is 1. The van der Waals surface area contributed by atoms with Crippen molar-refractivity contribution >= 4 is 29.3 Å². The summed E-state index contributed by atoms with van der Waals surface area (Å²) < 4.78 is 56.1. The minimum Gasteiger partial charge on any atom is -0.475 e. The van der Waals surface area contributed by atoms with Gasteiger partial charge in [-0.1, -0.05) is 5.92 Å². The molecule has 1 saturated carbocycles. The number of carbonyl (C=O) groups excluding carboxylic acids is 2. The van der Waals surface area contributed by atoms with Gasteiger partial charge < -0.3 is 4.74 Å². The number of terminal acetylenes is 1. The Kier molecular flexibility index (Phi) is 4.10. The van der Waals surface area contributed by atoms with E-state index in [1.807, 2.05) is 5.43 Å². The van der Waals surface area contributed by atoms with Gasteiger partial charge in [-0.3, -0.25) is 19.9 Å². The fraction of sp³-hybridized carbons (Fsp3) is 0.312. The van der Waals surface area contributed by atoms with E-state index in [0.717, 1.165) is 12.1 Å². The highest BCUT2D eigenvalue weighted by atomic mass is 19.4. The minimum absolute atomic E-state index is 0.0149. The van der Waals surface area contributed by atoms with E-state index < -0.39 is 23.4 Å². The van der Waals surface area contributed by atoms with Gasteiger partial charge in [0.1, 0.15) is 5.75 Å². The summed E-state index contributed by atoms with van der Waals surface area (Å²) in [6, 6.07) is 2.11. The number of halogens is 4. The van der Waals surface area contributed by atoms with Crippen LogP contribution in [0.2, 0.25) is 0 Å². The van der Waals surface area contributed by atoms with Gasteiger partial charge in [-0.15, -0.1) is 6.42 Å². The number of hydrogen-bond donors (Lipinski definition) is 1. The number of hydrogen-bond acceptors (Lipinski definition) is 5. The van der Waals surface area contributed by atoms with Crippen molar-refractivity contribution in [1.29, 1.82) is 0 Å². The van der Waals surface area contributed by atoms with E-state index in [2.05, 4.69) is 11.0 Å². The van der Waals surface area contributed by atoms with Crippen LogP contribution >= 0.6 is 0 Å². The second kappa shape index (κ2) is 6.01. The molecule has 1 aromatic rings. The zero-order valence-corrected chi connectivity index (χ0v) is 13.1. The molecule has 26 heavy (non-hydrogen) atoms. The van der Waals surface area contributed by atoms with Crippen LogP contribution in [0.3, 0.4) is 0 Å². The van der Waals surface area contributed by atoms with Gasteiger partial charge in [-0.05, 0) is 6.07 Å². The lowest BCUT2D eigenvalue weighted by Gasteiger charge is -2.34. The highest BCUT2D eigenvalue weighted by Gasteiger charge is 2.58. The number of rotatable bonds is 4. The topological polar surface area (TPSA) is 71.0 Å². The van der Waals surface area contributed by atoms with Crippen molar-refractivity contribution in [1.82, 2.24) is 0 Å². The zero-order chi connectivity index (χ0) is 19.1. The smallest absolute Gasteiger partial charge is 0.455 e. The molecule has 2 aliphatic rings. The van der Waals surface area contributed by atoms with Crippen LogP contribution in [0.5, 0.6) is 5.75 Å². The van der Waals surface area contributed by atoms with E-state index in [1.165, 1.54) is 4.90 Å². The van der Waals surface area contributed by atoms with Crippen LogP contribution in [-0.2, 0) is 9.59 Å². The van der Waals surface area contributed by atoms with E-state index >= 15 is 0 Å². The maximum atomic E-state index is 14.2. The minimum atomic E-state index is -5.08. The van der Waals surface area contributed by atoms with Gasteiger partial charge in [0.25, 0.3) is 11.7 Å². The summed E-state index contributed by atoms with van der Waals surface area (Å²) in [7, 11) is 0. The van der Waals surface area contributed by atoms with Crippen molar-refractivity contribution in [3.63, 3.8) is 0 Å². The van der Waals surface area contributed by atoms with Crippen LogP contribution in [0.25, 0.3) is 0 Å². The van der Waals surface area contributed by atoms with Crippen LogP contribution in [-0.4, -0.2) is 36.2 Å². The third-order valence-electron chi connectivity index (χ3n) is 3.88. The number of ketones is 1. The summed E-state index contributed by atoms with van der Waals surface area (Å²) >= 11 is 0. The van der Waals surface area contributed by atoms with Gasteiger partial charge in [-0.2, -0.15) is 18.3 Å². The molecule has 0 bridgehead atoms. The first-order chi connectivity index (χ1) is 12.2. The molecule has 1 fully saturated rings. The van der Waals surface area contributed by atoms with Crippen LogP contribution in [0.4, 0.5) is 28.9 Å². The molecular weight excluding hydrogens is 358 g/mol. The van der Waals surface area contributed by atoms with Crippen LogP contribution in [0, 0.1) is 18.2 Å². The number of Topliss-reactive ketones (excluding diaryl/α,β-unsaturated/α-hetero) is 1. The summed E-state index contributed by atoms with van der Waals surface area (Å²) in [6.07, 6.45) is 1.14. The molecule has 0 atom stereocenters. The van der Waals surface area contributed by atoms with Gasteiger partial charge in [0.2, 0.25) is 0 Å². The Labute approximate surface area is 144 Å². The molecule has 1 N–H and O–H groups in total. The van der Waals surface area contributed by atoms with Crippen molar-refractivity contribution in [2.75, 3.05) is 16.9 Å². The highest BCUT2D eigenvalue weighted by Crippen LogP contribution is 2.50. The van der Waals surface area contributed by atoms with E-state index in [1.54, 1.807) is 0 Å². The largest absolute Gasteiger partial charge is 0.475 e. The molecule has 3 rings (SSSR count). The molecule has 1 aromatic carbocycles. The van der Waals surface area contributed by atoms with Crippen molar-refractivity contribution in [2.24, 2.45) is 5.10 Å². The van der Waals surface area contributed by atoms with E-state index in [-0.39, 0.29) is 35.8 Å². The number of carbonyl (C=O) groups is 2. The molecule has 1 heterocycles. The molecule has 1 aliphatic carbocycles. The summed E-state index contributed by atoms with van der Waals surface area (Å²) in [6.45, 7) is -0.0855.